The second kappa shape index (κ2) is 4.51. The van der Waals surface area contributed by atoms with Crippen LogP contribution in [-0.2, 0) is 0 Å². The number of hydrogen-bond acceptors (Lipinski definition) is 2. The van der Waals surface area contributed by atoms with Gasteiger partial charge in [-0.1, -0.05) is 24.3 Å². The lowest BCUT2D eigenvalue weighted by atomic mass is 9.95. The maximum atomic E-state index is 9.12. The van der Waals surface area contributed by atoms with Crippen molar-refractivity contribution in [3.8, 4) is 23.3 Å². The molecule has 17 heavy (non-hydrogen) atoms. The third kappa shape index (κ3) is 2.02. The van der Waals surface area contributed by atoms with Gasteiger partial charge in [-0.25, -0.2) is 0 Å². The molecule has 0 aromatic heterocycles. The average Bonchev–Trinajstić information content (AvgIpc) is 2.38. The van der Waals surface area contributed by atoms with E-state index in [1.54, 1.807) is 12.1 Å². The Labute approximate surface area is 100 Å². The number of rotatable bonds is 1. The van der Waals surface area contributed by atoms with Crippen LogP contribution in [0.4, 0.5) is 0 Å². The van der Waals surface area contributed by atoms with E-state index in [2.05, 4.69) is 12.1 Å². The molecule has 80 valence electrons. The summed E-state index contributed by atoms with van der Waals surface area (Å²) in [6.07, 6.45) is 0. The molecule has 0 N–H and O–H groups in total. The molecule has 0 heterocycles. The lowest BCUT2D eigenvalue weighted by Crippen LogP contribution is -1.89. The first-order valence-corrected chi connectivity index (χ1v) is 5.26. The van der Waals surface area contributed by atoms with Crippen molar-refractivity contribution >= 4 is 0 Å². The molecule has 2 heteroatoms. The quantitative estimate of drug-likeness (QED) is 0.736. The number of hydrogen-bond donors (Lipinski definition) is 0. The van der Waals surface area contributed by atoms with Crippen LogP contribution in [0.5, 0.6) is 0 Å². The van der Waals surface area contributed by atoms with E-state index in [0.717, 1.165) is 16.7 Å². The zero-order valence-electron chi connectivity index (χ0n) is 9.44. The minimum atomic E-state index is 0.606. The number of nitriles is 2. The molecule has 0 saturated carbocycles. The van der Waals surface area contributed by atoms with Gasteiger partial charge in [0, 0.05) is 5.56 Å². The van der Waals surface area contributed by atoms with Gasteiger partial charge in [-0.05, 0) is 36.2 Å². The zero-order chi connectivity index (χ0) is 12.3. The summed E-state index contributed by atoms with van der Waals surface area (Å²) in [4.78, 5) is 0. The van der Waals surface area contributed by atoms with Gasteiger partial charge in [0.15, 0.2) is 0 Å². The predicted molar refractivity (Wildman–Crippen MR) is 66.0 cm³/mol. The molecule has 2 aromatic rings. The van der Waals surface area contributed by atoms with Crippen LogP contribution in [-0.4, -0.2) is 0 Å². The Morgan fingerprint density at radius 2 is 1.71 bits per heavy atom. The summed E-state index contributed by atoms with van der Waals surface area (Å²) in [7, 11) is 0. The third-order valence-electron chi connectivity index (χ3n) is 2.67. The van der Waals surface area contributed by atoms with Crippen LogP contribution in [0.2, 0.25) is 0 Å². The van der Waals surface area contributed by atoms with Crippen molar-refractivity contribution in [2.75, 3.05) is 0 Å². The molecule has 0 fully saturated rings. The summed E-state index contributed by atoms with van der Waals surface area (Å²) < 4.78 is 0. The average molecular weight is 218 g/mol. The van der Waals surface area contributed by atoms with E-state index in [0.29, 0.717) is 11.1 Å². The topological polar surface area (TPSA) is 47.6 Å². The Hall–Kier alpha value is -2.58. The van der Waals surface area contributed by atoms with Crippen LogP contribution in [0.3, 0.4) is 0 Å². The Balaban J connectivity index is 2.69. The van der Waals surface area contributed by atoms with Crippen molar-refractivity contribution in [3.63, 3.8) is 0 Å². The van der Waals surface area contributed by atoms with E-state index in [4.69, 9.17) is 10.5 Å². The van der Waals surface area contributed by atoms with Gasteiger partial charge in [0.1, 0.15) is 0 Å². The Morgan fingerprint density at radius 1 is 0.941 bits per heavy atom. The molecule has 0 amide bonds. The SMILES string of the molecule is Cc1cccc(C#N)c1-c1cccc(C#N)c1. The van der Waals surface area contributed by atoms with E-state index in [-0.39, 0.29) is 0 Å². The molecule has 0 aliphatic carbocycles. The summed E-state index contributed by atoms with van der Waals surface area (Å²) in [5.74, 6) is 0. The summed E-state index contributed by atoms with van der Waals surface area (Å²) in [5, 5.41) is 18.0. The normalized spacial score (nSPS) is 9.35. The van der Waals surface area contributed by atoms with Crippen molar-refractivity contribution in [1.82, 2.24) is 0 Å². The highest BCUT2D eigenvalue weighted by Gasteiger charge is 2.08. The lowest BCUT2D eigenvalue weighted by Gasteiger charge is -2.08. The number of aryl methyl sites for hydroxylation is 1. The Bertz CT molecular complexity index is 643. The van der Waals surface area contributed by atoms with Crippen LogP contribution in [0, 0.1) is 29.6 Å². The molecule has 0 radical (unpaired) electrons. The van der Waals surface area contributed by atoms with E-state index < -0.39 is 0 Å². The second-order valence-corrected chi connectivity index (χ2v) is 3.80. The first-order valence-electron chi connectivity index (χ1n) is 5.26. The van der Waals surface area contributed by atoms with Crippen molar-refractivity contribution in [3.05, 3.63) is 59.2 Å². The summed E-state index contributed by atoms with van der Waals surface area (Å²) in [6.45, 7) is 1.97. The van der Waals surface area contributed by atoms with E-state index in [9.17, 15) is 0 Å². The highest BCUT2D eigenvalue weighted by Crippen LogP contribution is 2.27. The first kappa shape index (κ1) is 10.9. The standard InChI is InChI=1S/C15H10N2/c1-11-4-2-7-14(10-17)15(11)13-6-3-5-12(8-13)9-16/h2-8H,1H3. The first-order chi connectivity index (χ1) is 8.26. The third-order valence-corrected chi connectivity index (χ3v) is 2.67. The molecule has 2 rings (SSSR count). The number of nitrogens with zero attached hydrogens (tertiary/aromatic N) is 2. The van der Waals surface area contributed by atoms with Gasteiger partial charge in [0.2, 0.25) is 0 Å². The Kier molecular flexibility index (Phi) is 2.90. The van der Waals surface area contributed by atoms with E-state index in [1.807, 2.05) is 37.3 Å². The van der Waals surface area contributed by atoms with Crippen molar-refractivity contribution < 1.29 is 0 Å². The van der Waals surface area contributed by atoms with Crippen LogP contribution >= 0.6 is 0 Å². The fourth-order valence-electron chi connectivity index (χ4n) is 1.89. The Morgan fingerprint density at radius 3 is 2.41 bits per heavy atom. The van der Waals surface area contributed by atoms with Crippen LogP contribution < -0.4 is 0 Å². The highest BCUT2D eigenvalue weighted by molar-refractivity contribution is 5.74. The molecular weight excluding hydrogens is 208 g/mol. The van der Waals surface area contributed by atoms with Crippen LogP contribution in [0.1, 0.15) is 16.7 Å². The van der Waals surface area contributed by atoms with Crippen LogP contribution in [0.25, 0.3) is 11.1 Å². The fraction of sp³-hybridized carbons (Fsp3) is 0.0667. The van der Waals surface area contributed by atoms with Gasteiger partial charge in [-0.2, -0.15) is 10.5 Å². The molecule has 0 unspecified atom stereocenters. The summed E-state index contributed by atoms with van der Waals surface area (Å²) in [5.41, 5.74) is 4.11. The van der Waals surface area contributed by atoms with E-state index >= 15 is 0 Å². The minimum Gasteiger partial charge on any atom is -0.192 e. The second-order valence-electron chi connectivity index (χ2n) is 3.80. The molecular formula is C15H10N2. The molecule has 2 nitrogen and oxygen atoms in total. The van der Waals surface area contributed by atoms with Gasteiger partial charge in [-0.15, -0.1) is 0 Å². The van der Waals surface area contributed by atoms with Gasteiger partial charge in [0.05, 0.1) is 23.3 Å². The highest BCUT2D eigenvalue weighted by atomic mass is 14.3. The maximum Gasteiger partial charge on any atom is 0.0998 e. The maximum absolute atomic E-state index is 9.12. The van der Waals surface area contributed by atoms with Crippen molar-refractivity contribution in [2.45, 2.75) is 6.92 Å². The van der Waals surface area contributed by atoms with Crippen LogP contribution in [0.15, 0.2) is 42.5 Å². The molecule has 0 bridgehead atoms. The molecule has 0 aliphatic rings. The minimum absolute atomic E-state index is 0.606. The summed E-state index contributed by atoms with van der Waals surface area (Å²) >= 11 is 0. The smallest absolute Gasteiger partial charge is 0.0998 e. The molecule has 0 saturated heterocycles. The molecule has 0 spiro atoms. The monoisotopic (exact) mass is 218 g/mol. The van der Waals surface area contributed by atoms with Gasteiger partial charge in [0.25, 0.3) is 0 Å². The fourth-order valence-corrected chi connectivity index (χ4v) is 1.89. The van der Waals surface area contributed by atoms with E-state index in [1.165, 1.54) is 0 Å². The summed E-state index contributed by atoms with van der Waals surface area (Å²) in [6, 6.07) is 17.2. The van der Waals surface area contributed by atoms with Crippen molar-refractivity contribution in [2.24, 2.45) is 0 Å². The van der Waals surface area contributed by atoms with Gasteiger partial charge >= 0.3 is 0 Å². The van der Waals surface area contributed by atoms with Gasteiger partial charge in [-0.3, -0.25) is 0 Å². The lowest BCUT2D eigenvalue weighted by molar-refractivity contribution is 1.40. The molecule has 0 atom stereocenters. The zero-order valence-corrected chi connectivity index (χ0v) is 9.44. The van der Waals surface area contributed by atoms with Crippen molar-refractivity contribution in [1.29, 1.82) is 10.5 Å². The molecule has 2 aromatic carbocycles. The number of benzene rings is 2. The predicted octanol–water partition coefficient (Wildman–Crippen LogP) is 3.41. The molecule has 0 aliphatic heterocycles. The van der Waals surface area contributed by atoms with Gasteiger partial charge < -0.3 is 0 Å². The largest absolute Gasteiger partial charge is 0.192 e.